The lowest BCUT2D eigenvalue weighted by Gasteiger charge is -2.05. The van der Waals surface area contributed by atoms with E-state index in [0.29, 0.717) is 17.1 Å². The second-order valence-corrected chi connectivity index (χ2v) is 6.31. The van der Waals surface area contributed by atoms with E-state index in [1.165, 1.54) is 6.08 Å². The maximum Gasteiger partial charge on any atom is 0.352 e. The van der Waals surface area contributed by atoms with E-state index in [9.17, 15) is 14.7 Å². The predicted molar refractivity (Wildman–Crippen MR) is 101 cm³/mol. The van der Waals surface area contributed by atoms with Gasteiger partial charge in [0.25, 0.3) is 5.91 Å². The quantitative estimate of drug-likeness (QED) is 0.602. The van der Waals surface area contributed by atoms with Gasteiger partial charge in [-0.05, 0) is 36.4 Å². The molecule has 2 N–H and O–H groups in total. The van der Waals surface area contributed by atoms with Crippen LogP contribution in [0.15, 0.2) is 81.3 Å². The lowest BCUT2D eigenvalue weighted by molar-refractivity contribution is -0.132. The average Bonchev–Trinajstić information content (AvgIpc) is 3.11. The third-order valence-corrected chi connectivity index (χ3v) is 4.09. The first kappa shape index (κ1) is 17.7. The Bertz CT molecular complexity index is 959. The van der Waals surface area contributed by atoms with Gasteiger partial charge in [0, 0.05) is 21.7 Å². The first-order valence-corrected chi connectivity index (χ1v) is 8.49. The van der Waals surface area contributed by atoms with Gasteiger partial charge >= 0.3 is 5.97 Å². The highest BCUT2D eigenvalue weighted by Gasteiger charge is 2.14. The van der Waals surface area contributed by atoms with Crippen LogP contribution in [0.4, 0.5) is 0 Å². The molecule has 26 heavy (non-hydrogen) atoms. The summed E-state index contributed by atoms with van der Waals surface area (Å²) in [5.41, 5.74) is 0.961. The smallest absolute Gasteiger partial charge is 0.352 e. The number of rotatable bonds is 5. The van der Waals surface area contributed by atoms with Crippen molar-refractivity contribution in [2.24, 2.45) is 0 Å². The van der Waals surface area contributed by atoms with E-state index >= 15 is 0 Å². The van der Waals surface area contributed by atoms with Crippen LogP contribution in [0.5, 0.6) is 0 Å². The summed E-state index contributed by atoms with van der Waals surface area (Å²) in [7, 11) is 0. The van der Waals surface area contributed by atoms with Gasteiger partial charge < -0.3 is 14.8 Å². The molecular weight excluding hydrogens is 398 g/mol. The van der Waals surface area contributed by atoms with Gasteiger partial charge in [0.1, 0.15) is 17.2 Å². The monoisotopic (exact) mass is 411 g/mol. The summed E-state index contributed by atoms with van der Waals surface area (Å²) in [6.07, 6.45) is 1.28. The first-order valence-electron chi connectivity index (χ1n) is 7.70. The van der Waals surface area contributed by atoms with Gasteiger partial charge in [0.2, 0.25) is 0 Å². The molecule has 3 rings (SSSR count). The fourth-order valence-corrected chi connectivity index (χ4v) is 2.54. The van der Waals surface area contributed by atoms with Crippen molar-refractivity contribution in [3.63, 3.8) is 0 Å². The Kier molecular flexibility index (Phi) is 5.34. The zero-order valence-corrected chi connectivity index (χ0v) is 15.1. The molecule has 0 atom stereocenters. The number of hydrogen-bond donors (Lipinski definition) is 2. The van der Waals surface area contributed by atoms with Gasteiger partial charge in [-0.1, -0.05) is 46.3 Å². The van der Waals surface area contributed by atoms with Crippen LogP contribution in [0.2, 0.25) is 0 Å². The molecule has 0 fully saturated rings. The number of carbonyl (C=O) groups is 2. The molecule has 130 valence electrons. The highest BCUT2D eigenvalue weighted by Crippen LogP contribution is 2.24. The molecule has 0 spiro atoms. The molecule has 0 aliphatic heterocycles. The predicted octanol–water partition coefficient (Wildman–Crippen LogP) is 4.56. The molecule has 2 aromatic carbocycles. The van der Waals surface area contributed by atoms with Gasteiger partial charge in [-0.3, -0.25) is 4.79 Å². The third kappa shape index (κ3) is 4.29. The second kappa shape index (κ2) is 7.84. The molecule has 0 unspecified atom stereocenters. The molecule has 0 radical (unpaired) electrons. The molecule has 0 aliphatic carbocycles. The van der Waals surface area contributed by atoms with E-state index in [0.717, 1.165) is 10.0 Å². The number of furan rings is 1. The molecule has 3 aromatic rings. The maximum atomic E-state index is 12.2. The van der Waals surface area contributed by atoms with Crippen molar-refractivity contribution in [2.75, 3.05) is 0 Å². The number of hydrogen-bond acceptors (Lipinski definition) is 3. The molecule has 0 aliphatic rings. The lowest BCUT2D eigenvalue weighted by Crippen LogP contribution is -2.27. The van der Waals surface area contributed by atoms with Crippen LogP contribution in [0.3, 0.4) is 0 Å². The normalized spacial score (nSPS) is 11.2. The minimum atomic E-state index is -1.25. The van der Waals surface area contributed by atoms with Crippen LogP contribution in [0, 0.1) is 0 Å². The van der Waals surface area contributed by atoms with E-state index < -0.39 is 11.9 Å². The van der Waals surface area contributed by atoms with E-state index in [2.05, 4.69) is 21.2 Å². The van der Waals surface area contributed by atoms with Crippen molar-refractivity contribution in [1.82, 2.24) is 5.32 Å². The Morgan fingerprint density at radius 2 is 1.65 bits per heavy atom. The number of aliphatic carboxylic acids is 1. The summed E-state index contributed by atoms with van der Waals surface area (Å²) in [6, 6.07) is 19.3. The summed E-state index contributed by atoms with van der Waals surface area (Å²) in [6.45, 7) is 0. The topological polar surface area (TPSA) is 79.5 Å². The minimum absolute atomic E-state index is 0.268. The summed E-state index contributed by atoms with van der Waals surface area (Å²) >= 11 is 3.37. The van der Waals surface area contributed by atoms with Crippen LogP contribution in [0.25, 0.3) is 17.4 Å². The number of carboxylic acids is 1. The zero-order valence-electron chi connectivity index (χ0n) is 13.5. The summed E-state index contributed by atoms with van der Waals surface area (Å²) in [4.78, 5) is 23.6. The van der Waals surface area contributed by atoms with Crippen LogP contribution in [-0.4, -0.2) is 17.0 Å². The van der Waals surface area contributed by atoms with Crippen molar-refractivity contribution in [1.29, 1.82) is 0 Å². The number of carbonyl (C=O) groups excluding carboxylic acids is 1. The summed E-state index contributed by atoms with van der Waals surface area (Å²) in [5.74, 6) is -0.827. The largest absolute Gasteiger partial charge is 0.477 e. The van der Waals surface area contributed by atoms with Gasteiger partial charge in [-0.2, -0.15) is 0 Å². The zero-order chi connectivity index (χ0) is 18.5. The van der Waals surface area contributed by atoms with Crippen LogP contribution >= 0.6 is 15.9 Å². The average molecular weight is 412 g/mol. The molecule has 1 heterocycles. The van der Waals surface area contributed by atoms with Crippen molar-refractivity contribution in [2.45, 2.75) is 0 Å². The number of amides is 1. The number of carboxylic acid groups (broad SMARTS) is 1. The fourth-order valence-electron chi connectivity index (χ4n) is 2.28. The van der Waals surface area contributed by atoms with Gasteiger partial charge in [-0.15, -0.1) is 0 Å². The second-order valence-electron chi connectivity index (χ2n) is 5.39. The Labute approximate surface area is 158 Å². The van der Waals surface area contributed by atoms with Crippen molar-refractivity contribution in [3.05, 3.63) is 88.2 Å². The van der Waals surface area contributed by atoms with Gasteiger partial charge in [0.05, 0.1) is 0 Å². The van der Waals surface area contributed by atoms with E-state index in [-0.39, 0.29) is 5.70 Å². The Morgan fingerprint density at radius 3 is 2.31 bits per heavy atom. The van der Waals surface area contributed by atoms with Crippen molar-refractivity contribution in [3.8, 4) is 11.3 Å². The lowest BCUT2D eigenvalue weighted by atomic mass is 10.2. The highest BCUT2D eigenvalue weighted by atomic mass is 79.9. The highest BCUT2D eigenvalue weighted by molar-refractivity contribution is 9.10. The van der Waals surface area contributed by atoms with Gasteiger partial charge in [0.15, 0.2) is 0 Å². The molecule has 0 saturated heterocycles. The molecular formula is C20H14BrNO4. The molecule has 0 bridgehead atoms. The minimum Gasteiger partial charge on any atom is -0.477 e. The first-order chi connectivity index (χ1) is 12.5. The number of benzene rings is 2. The molecule has 1 amide bonds. The third-order valence-electron chi connectivity index (χ3n) is 3.56. The molecule has 5 nitrogen and oxygen atoms in total. The van der Waals surface area contributed by atoms with Crippen molar-refractivity contribution < 1.29 is 19.1 Å². The van der Waals surface area contributed by atoms with E-state index in [1.807, 2.05) is 24.3 Å². The van der Waals surface area contributed by atoms with Crippen molar-refractivity contribution >= 4 is 33.9 Å². The maximum absolute atomic E-state index is 12.2. The Balaban J connectivity index is 1.82. The summed E-state index contributed by atoms with van der Waals surface area (Å²) in [5, 5.41) is 11.7. The number of halogens is 1. The molecule has 6 heteroatoms. The van der Waals surface area contributed by atoms with Crippen LogP contribution < -0.4 is 5.32 Å². The van der Waals surface area contributed by atoms with Crippen LogP contribution in [0.1, 0.15) is 16.1 Å². The van der Waals surface area contributed by atoms with E-state index in [4.69, 9.17) is 4.42 Å². The SMILES string of the molecule is O=C(O)/C(=C\c1ccc(-c2ccc(Br)cc2)o1)NC(=O)c1ccccc1. The van der Waals surface area contributed by atoms with Crippen LogP contribution in [-0.2, 0) is 4.79 Å². The fraction of sp³-hybridized carbons (Fsp3) is 0. The number of nitrogens with one attached hydrogen (secondary N) is 1. The Hall–Kier alpha value is -3.12. The molecule has 1 aromatic heterocycles. The van der Waals surface area contributed by atoms with Gasteiger partial charge in [-0.25, -0.2) is 4.79 Å². The summed E-state index contributed by atoms with van der Waals surface area (Å²) < 4.78 is 6.62. The Morgan fingerprint density at radius 1 is 0.962 bits per heavy atom. The molecule has 0 saturated carbocycles. The standard InChI is InChI=1S/C20H14BrNO4/c21-15-8-6-13(7-9-15)18-11-10-16(26-18)12-17(20(24)25)22-19(23)14-4-2-1-3-5-14/h1-12H,(H,22,23)(H,24,25)/b17-12+. The van der Waals surface area contributed by atoms with E-state index in [1.54, 1.807) is 42.5 Å².